The van der Waals surface area contributed by atoms with Gasteiger partial charge in [-0.1, -0.05) is 30.3 Å². The van der Waals surface area contributed by atoms with Gasteiger partial charge in [0.2, 0.25) is 0 Å². The van der Waals surface area contributed by atoms with Crippen LogP contribution >= 0.6 is 0 Å². The average Bonchev–Trinajstić information content (AvgIpc) is 3.36. The summed E-state index contributed by atoms with van der Waals surface area (Å²) in [6, 6.07) is 9.85. The molecule has 0 aliphatic carbocycles. The minimum atomic E-state index is -5.31. The smallest absolute Gasteiger partial charge is 0.354 e. The summed E-state index contributed by atoms with van der Waals surface area (Å²) in [5, 5.41) is 14.5. The molecule has 0 bridgehead atoms. The van der Waals surface area contributed by atoms with E-state index in [0.29, 0.717) is 16.4 Å². The van der Waals surface area contributed by atoms with Crippen LogP contribution in [-0.4, -0.2) is 56.1 Å². The van der Waals surface area contributed by atoms with Gasteiger partial charge < -0.3 is 9.80 Å². The number of hydrogen-bond donors (Lipinski definition) is 0. The molecule has 1 fully saturated rings. The van der Waals surface area contributed by atoms with Crippen LogP contribution in [0.3, 0.4) is 0 Å². The fourth-order valence-electron chi connectivity index (χ4n) is 5.17. The molecule has 0 unspecified atom stereocenters. The van der Waals surface area contributed by atoms with Gasteiger partial charge in [0.05, 0.1) is 11.3 Å². The second-order valence-electron chi connectivity index (χ2n) is 9.71. The highest BCUT2D eigenvalue weighted by atomic mass is 19.4. The van der Waals surface area contributed by atoms with Crippen molar-refractivity contribution in [3.63, 3.8) is 0 Å². The molecule has 2 aromatic carbocycles. The summed E-state index contributed by atoms with van der Waals surface area (Å²) < 4.78 is 96.5. The number of alkyl halides is 6. The number of piperidine rings is 1. The third-order valence-corrected chi connectivity index (χ3v) is 7.16. The SMILES string of the molecule is Cn1nccc1-c1nnc(N2CCC(N(Cc3ccc(F)cc3C(F)(F)F)C(=O)C(F)(F)F)CC2)c2ccccc12. The van der Waals surface area contributed by atoms with Gasteiger partial charge in [-0.15, -0.1) is 10.2 Å². The average molecular weight is 581 g/mol. The van der Waals surface area contributed by atoms with Crippen molar-refractivity contribution in [3.05, 3.63) is 71.7 Å². The summed E-state index contributed by atoms with van der Waals surface area (Å²) in [6.07, 6.45) is -8.64. The highest BCUT2D eigenvalue weighted by Crippen LogP contribution is 2.36. The molecule has 41 heavy (non-hydrogen) atoms. The van der Waals surface area contributed by atoms with E-state index in [0.717, 1.165) is 28.6 Å². The van der Waals surface area contributed by atoms with Gasteiger partial charge in [-0.2, -0.15) is 31.4 Å². The molecule has 0 N–H and O–H groups in total. The van der Waals surface area contributed by atoms with E-state index in [1.165, 1.54) is 0 Å². The second kappa shape index (κ2) is 10.6. The number of amides is 1. The zero-order valence-electron chi connectivity index (χ0n) is 21.5. The maximum Gasteiger partial charge on any atom is 0.471 e. The lowest BCUT2D eigenvalue weighted by molar-refractivity contribution is -0.189. The van der Waals surface area contributed by atoms with Gasteiger partial charge in [-0.3, -0.25) is 9.48 Å². The zero-order chi connectivity index (χ0) is 29.5. The van der Waals surface area contributed by atoms with E-state index in [-0.39, 0.29) is 32.0 Å². The summed E-state index contributed by atoms with van der Waals surface area (Å²) in [6.45, 7) is -0.628. The molecular weight excluding hydrogens is 557 g/mol. The summed E-state index contributed by atoms with van der Waals surface area (Å²) in [5.41, 5.74) is -0.716. The Kier molecular flexibility index (Phi) is 7.34. The van der Waals surface area contributed by atoms with Gasteiger partial charge in [-0.25, -0.2) is 4.39 Å². The van der Waals surface area contributed by atoms with E-state index in [9.17, 15) is 35.5 Å². The van der Waals surface area contributed by atoms with Gasteiger partial charge in [0, 0.05) is 49.7 Å². The Balaban J connectivity index is 1.42. The first-order chi connectivity index (χ1) is 19.3. The first kappa shape index (κ1) is 28.3. The summed E-state index contributed by atoms with van der Waals surface area (Å²) in [4.78, 5) is 14.6. The van der Waals surface area contributed by atoms with Gasteiger partial charge in [-0.05, 0) is 36.6 Å². The number of carbonyl (C=O) groups excluding carboxylic acids is 1. The largest absolute Gasteiger partial charge is 0.471 e. The summed E-state index contributed by atoms with van der Waals surface area (Å²) in [7, 11) is 1.77. The lowest BCUT2D eigenvalue weighted by Crippen LogP contribution is -2.51. The van der Waals surface area contributed by atoms with E-state index in [2.05, 4.69) is 15.3 Å². The van der Waals surface area contributed by atoms with Gasteiger partial charge in [0.15, 0.2) is 5.82 Å². The van der Waals surface area contributed by atoms with Crippen LogP contribution in [0, 0.1) is 5.82 Å². The second-order valence-corrected chi connectivity index (χ2v) is 9.71. The normalized spacial score (nSPS) is 15.0. The van der Waals surface area contributed by atoms with Crippen molar-refractivity contribution in [2.75, 3.05) is 18.0 Å². The Morgan fingerprint density at radius 1 is 0.976 bits per heavy atom. The minimum absolute atomic E-state index is 0.0316. The number of carbonyl (C=O) groups is 1. The Hall–Kier alpha value is -4.23. The topological polar surface area (TPSA) is 67.2 Å². The number of aromatic nitrogens is 4. The number of anilines is 1. The summed E-state index contributed by atoms with van der Waals surface area (Å²) in [5.74, 6) is -2.94. The predicted octanol–water partition coefficient (Wildman–Crippen LogP) is 5.75. The van der Waals surface area contributed by atoms with Crippen molar-refractivity contribution in [2.45, 2.75) is 37.8 Å². The van der Waals surface area contributed by atoms with Crippen molar-refractivity contribution < 1.29 is 35.5 Å². The van der Waals surface area contributed by atoms with E-state index < -0.39 is 47.8 Å². The Morgan fingerprint density at radius 2 is 1.66 bits per heavy atom. The number of halogens is 7. The van der Waals surface area contributed by atoms with Crippen LogP contribution in [0.2, 0.25) is 0 Å². The number of rotatable bonds is 5. The fraction of sp³-hybridized carbons (Fsp3) is 0.333. The monoisotopic (exact) mass is 580 g/mol. The molecule has 0 spiro atoms. The molecule has 1 aliphatic heterocycles. The molecule has 7 nitrogen and oxygen atoms in total. The predicted molar refractivity (Wildman–Crippen MR) is 135 cm³/mol. The van der Waals surface area contributed by atoms with Crippen LogP contribution in [0.5, 0.6) is 0 Å². The molecule has 1 amide bonds. The van der Waals surface area contributed by atoms with Gasteiger partial charge in [0.25, 0.3) is 0 Å². The van der Waals surface area contributed by atoms with Crippen molar-refractivity contribution in [3.8, 4) is 11.4 Å². The molecule has 216 valence electrons. The lowest BCUT2D eigenvalue weighted by atomic mass is 9.99. The lowest BCUT2D eigenvalue weighted by Gasteiger charge is -2.39. The molecule has 0 saturated carbocycles. The van der Waals surface area contributed by atoms with Gasteiger partial charge in [0.1, 0.15) is 11.5 Å². The summed E-state index contributed by atoms with van der Waals surface area (Å²) >= 11 is 0. The Morgan fingerprint density at radius 3 is 2.27 bits per heavy atom. The number of hydrogen-bond acceptors (Lipinski definition) is 5. The maximum absolute atomic E-state index is 13.6. The van der Waals surface area contributed by atoms with Crippen LogP contribution in [0.25, 0.3) is 22.2 Å². The molecular formula is C27H23F7N6O. The number of nitrogens with zero attached hydrogens (tertiary/aromatic N) is 6. The van der Waals surface area contributed by atoms with Gasteiger partial charge >= 0.3 is 18.3 Å². The highest BCUT2D eigenvalue weighted by Gasteiger charge is 2.46. The molecule has 3 heterocycles. The number of fused-ring (bicyclic) bond motifs is 1. The third-order valence-electron chi connectivity index (χ3n) is 7.16. The van der Waals surface area contributed by atoms with Crippen LogP contribution in [0.1, 0.15) is 24.0 Å². The fourth-order valence-corrected chi connectivity index (χ4v) is 5.17. The molecule has 5 rings (SSSR count). The molecule has 0 radical (unpaired) electrons. The molecule has 2 aromatic heterocycles. The van der Waals surface area contributed by atoms with E-state index in [4.69, 9.17) is 0 Å². The van der Waals surface area contributed by atoms with Crippen LogP contribution < -0.4 is 4.90 Å². The van der Waals surface area contributed by atoms with E-state index in [1.807, 2.05) is 29.2 Å². The molecule has 4 aromatic rings. The van der Waals surface area contributed by atoms with E-state index in [1.54, 1.807) is 24.0 Å². The maximum atomic E-state index is 13.6. The molecule has 0 atom stereocenters. The minimum Gasteiger partial charge on any atom is -0.354 e. The quantitative estimate of drug-likeness (QED) is 0.282. The van der Waals surface area contributed by atoms with Crippen LogP contribution in [-0.2, 0) is 24.6 Å². The van der Waals surface area contributed by atoms with Crippen LogP contribution in [0.4, 0.5) is 36.6 Å². The van der Waals surface area contributed by atoms with E-state index >= 15 is 0 Å². The van der Waals surface area contributed by atoms with Crippen molar-refractivity contribution in [1.82, 2.24) is 24.9 Å². The van der Waals surface area contributed by atoms with Crippen LogP contribution in [0.15, 0.2) is 54.7 Å². The third kappa shape index (κ3) is 5.68. The van der Waals surface area contributed by atoms with Crippen molar-refractivity contribution in [1.29, 1.82) is 0 Å². The number of benzene rings is 2. The first-order valence-electron chi connectivity index (χ1n) is 12.6. The Labute approximate surface area is 229 Å². The van der Waals surface area contributed by atoms with Crippen molar-refractivity contribution >= 4 is 22.5 Å². The standard InChI is InChI=1S/C27H23F7N6O/c1-38-22(8-11-35-38)23-19-4-2-3-5-20(19)24(37-36-23)39-12-9-18(10-13-39)40(25(41)27(32,33)34)15-16-6-7-17(28)14-21(16)26(29,30)31/h2-8,11,14,18H,9-10,12-13,15H2,1H3. The highest BCUT2D eigenvalue weighted by molar-refractivity contribution is 5.99. The molecule has 1 saturated heterocycles. The Bertz CT molecular complexity index is 1570. The first-order valence-corrected chi connectivity index (χ1v) is 12.6. The molecule has 1 aliphatic rings. The number of aryl methyl sites for hydroxylation is 1. The van der Waals surface area contributed by atoms with Crippen molar-refractivity contribution in [2.24, 2.45) is 7.05 Å². The molecule has 14 heteroatoms. The zero-order valence-corrected chi connectivity index (χ0v) is 21.5.